The first-order valence-corrected chi connectivity index (χ1v) is 8.87. The van der Waals surface area contributed by atoms with E-state index in [4.69, 9.17) is 16.3 Å². The largest absolute Gasteiger partial charge is 0.503 e. The summed E-state index contributed by atoms with van der Waals surface area (Å²) in [4.78, 5) is 12.4. The van der Waals surface area contributed by atoms with E-state index < -0.39 is 5.56 Å². The number of nitrogens with zero attached hydrogens (tertiary/aromatic N) is 3. The Labute approximate surface area is 168 Å². The molecule has 0 bridgehead atoms. The number of hydrogen-bond acceptors (Lipinski definition) is 6. The van der Waals surface area contributed by atoms with E-state index in [2.05, 4.69) is 31.6 Å². The number of halogens is 2. The monoisotopic (exact) mass is 448 g/mol. The number of hydrogen-bond donors (Lipinski definition) is 2. The Hall–Kier alpha value is -2.84. The van der Waals surface area contributed by atoms with Crippen molar-refractivity contribution in [2.24, 2.45) is 5.10 Å². The van der Waals surface area contributed by atoms with Gasteiger partial charge in [0, 0.05) is 0 Å². The molecule has 1 aromatic heterocycles. The summed E-state index contributed by atoms with van der Waals surface area (Å²) >= 11 is 9.39. The second-order valence-corrected chi connectivity index (χ2v) is 6.58. The van der Waals surface area contributed by atoms with Crippen LogP contribution in [0, 0.1) is 0 Å². The van der Waals surface area contributed by atoms with Crippen molar-refractivity contribution in [2.75, 3.05) is 12.5 Å². The van der Waals surface area contributed by atoms with Crippen LogP contribution >= 0.6 is 27.5 Å². The Bertz CT molecular complexity index is 1050. The molecule has 2 N–H and O–H groups in total. The molecule has 0 unspecified atom stereocenters. The summed E-state index contributed by atoms with van der Waals surface area (Å²) in [6, 6.07) is 12.2. The minimum absolute atomic E-state index is 0.000578. The summed E-state index contributed by atoms with van der Waals surface area (Å²) in [5.41, 5.74) is 3.78. The third-order valence-electron chi connectivity index (χ3n) is 3.59. The van der Waals surface area contributed by atoms with E-state index in [0.717, 1.165) is 0 Å². The summed E-state index contributed by atoms with van der Waals surface area (Å²) in [5.74, 6) is 0.301. The van der Waals surface area contributed by atoms with Gasteiger partial charge in [0.1, 0.15) is 10.7 Å². The maximum Gasteiger partial charge on any atom is 0.292 e. The number of benzene rings is 2. The van der Waals surface area contributed by atoms with Crippen molar-refractivity contribution in [2.45, 2.75) is 0 Å². The van der Waals surface area contributed by atoms with E-state index in [1.54, 1.807) is 36.4 Å². The molecule has 0 amide bonds. The molecule has 0 aliphatic rings. The second-order valence-electron chi connectivity index (χ2n) is 5.35. The van der Waals surface area contributed by atoms with Crippen LogP contribution in [0.5, 0.6) is 11.5 Å². The van der Waals surface area contributed by atoms with E-state index in [1.807, 2.05) is 6.07 Å². The normalized spacial score (nSPS) is 10.9. The summed E-state index contributed by atoms with van der Waals surface area (Å²) in [6.45, 7) is 0. The first-order chi connectivity index (χ1) is 13.0. The lowest BCUT2D eigenvalue weighted by Crippen LogP contribution is -2.22. The van der Waals surface area contributed by atoms with Gasteiger partial charge in [0.15, 0.2) is 11.5 Å². The van der Waals surface area contributed by atoms with Gasteiger partial charge in [-0.05, 0) is 45.8 Å². The van der Waals surface area contributed by atoms with Crippen molar-refractivity contribution < 1.29 is 9.84 Å². The number of nitrogens with one attached hydrogen (secondary N) is 1. The van der Waals surface area contributed by atoms with Gasteiger partial charge in [-0.3, -0.25) is 10.2 Å². The van der Waals surface area contributed by atoms with E-state index >= 15 is 0 Å². The Morgan fingerprint density at radius 3 is 2.78 bits per heavy atom. The quantitative estimate of drug-likeness (QED) is 0.457. The molecule has 0 radical (unpaired) electrons. The molecule has 7 nitrogen and oxygen atoms in total. The Balaban J connectivity index is 1.83. The van der Waals surface area contributed by atoms with Crippen LogP contribution in [-0.2, 0) is 0 Å². The first kappa shape index (κ1) is 18.9. The van der Waals surface area contributed by atoms with E-state index in [-0.39, 0.29) is 16.5 Å². The minimum Gasteiger partial charge on any atom is -0.503 e. The number of hydrazone groups is 1. The molecular weight excluding hydrogens is 436 g/mol. The third kappa shape index (κ3) is 4.12. The van der Waals surface area contributed by atoms with Crippen molar-refractivity contribution in [3.63, 3.8) is 0 Å². The van der Waals surface area contributed by atoms with Crippen LogP contribution in [0.4, 0.5) is 5.69 Å². The third-order valence-corrected chi connectivity index (χ3v) is 4.56. The number of ether oxygens (including phenoxy) is 1. The lowest BCUT2D eigenvalue weighted by molar-refractivity contribution is 0.372. The van der Waals surface area contributed by atoms with Crippen molar-refractivity contribution in [1.29, 1.82) is 0 Å². The van der Waals surface area contributed by atoms with Gasteiger partial charge in [0.2, 0.25) is 0 Å². The molecule has 27 heavy (non-hydrogen) atoms. The van der Waals surface area contributed by atoms with Crippen molar-refractivity contribution >= 4 is 39.4 Å². The lowest BCUT2D eigenvalue weighted by atomic mass is 10.2. The number of para-hydroxylation sites is 1. The van der Waals surface area contributed by atoms with Crippen molar-refractivity contribution in [1.82, 2.24) is 9.78 Å². The number of aromatic hydroxyl groups is 1. The summed E-state index contributed by atoms with van der Waals surface area (Å²) < 4.78 is 6.76. The number of anilines is 1. The van der Waals surface area contributed by atoms with E-state index in [1.165, 1.54) is 24.2 Å². The predicted molar refractivity (Wildman–Crippen MR) is 108 cm³/mol. The molecule has 9 heteroatoms. The fraction of sp³-hybridized carbons (Fsp3) is 0.0556. The zero-order chi connectivity index (χ0) is 19.4. The maximum absolute atomic E-state index is 12.4. The van der Waals surface area contributed by atoms with Crippen molar-refractivity contribution in [3.8, 4) is 17.2 Å². The molecule has 2 aromatic carbocycles. The van der Waals surface area contributed by atoms with Gasteiger partial charge in [0.05, 0.1) is 29.7 Å². The van der Waals surface area contributed by atoms with E-state index in [0.29, 0.717) is 21.5 Å². The van der Waals surface area contributed by atoms with Gasteiger partial charge in [-0.2, -0.15) is 14.9 Å². The fourth-order valence-corrected chi connectivity index (χ4v) is 2.89. The van der Waals surface area contributed by atoms with Crippen LogP contribution in [0.15, 0.2) is 63.0 Å². The Morgan fingerprint density at radius 1 is 1.33 bits per heavy atom. The van der Waals surface area contributed by atoms with E-state index in [9.17, 15) is 9.90 Å². The Kier molecular flexibility index (Phi) is 5.78. The highest BCUT2D eigenvalue weighted by molar-refractivity contribution is 9.10. The number of rotatable bonds is 5. The SMILES string of the molecule is COc1cc(C=NNc2cnn(-c3ccccc3)c(=O)c2Cl)cc(Br)c1O. The topological polar surface area (TPSA) is 88.7 Å². The zero-order valence-corrected chi connectivity index (χ0v) is 16.4. The molecule has 0 saturated carbocycles. The molecule has 0 fully saturated rings. The molecule has 0 saturated heterocycles. The van der Waals surface area contributed by atoms with Gasteiger partial charge >= 0.3 is 0 Å². The predicted octanol–water partition coefficient (Wildman–Crippen LogP) is 3.81. The van der Waals surface area contributed by atoms with Crippen LogP contribution in [0.1, 0.15) is 5.56 Å². The van der Waals surface area contributed by atoms with Gasteiger partial charge < -0.3 is 9.84 Å². The standard InChI is InChI=1S/C18H14BrClN4O3/c1-27-15-8-11(7-13(19)17(15)25)9-21-23-14-10-22-24(18(26)16(14)20)12-5-3-2-4-6-12/h2-10,23,25H,1H3. The second kappa shape index (κ2) is 8.24. The van der Waals surface area contributed by atoms with Crippen LogP contribution in [-0.4, -0.2) is 28.2 Å². The molecule has 138 valence electrons. The maximum atomic E-state index is 12.4. The molecule has 0 atom stereocenters. The number of methoxy groups -OCH3 is 1. The summed E-state index contributed by atoms with van der Waals surface area (Å²) in [5, 5.41) is 18.0. The zero-order valence-electron chi connectivity index (χ0n) is 14.1. The van der Waals surface area contributed by atoms with Crippen LogP contribution in [0.2, 0.25) is 5.02 Å². The highest BCUT2D eigenvalue weighted by Gasteiger charge is 2.10. The highest BCUT2D eigenvalue weighted by Crippen LogP contribution is 2.34. The molecule has 0 aliphatic carbocycles. The van der Waals surface area contributed by atoms with Crippen LogP contribution < -0.4 is 15.7 Å². The van der Waals surface area contributed by atoms with Gasteiger partial charge in [-0.25, -0.2) is 0 Å². The fourth-order valence-electron chi connectivity index (χ4n) is 2.26. The molecule has 0 spiro atoms. The van der Waals surface area contributed by atoms with Crippen LogP contribution in [0.3, 0.4) is 0 Å². The Morgan fingerprint density at radius 2 is 2.07 bits per heavy atom. The van der Waals surface area contributed by atoms with Gasteiger partial charge in [-0.1, -0.05) is 29.8 Å². The molecule has 3 aromatic rings. The van der Waals surface area contributed by atoms with Crippen molar-refractivity contribution in [3.05, 3.63) is 74.1 Å². The molecule has 0 aliphatic heterocycles. The van der Waals surface area contributed by atoms with Crippen LogP contribution in [0.25, 0.3) is 5.69 Å². The van der Waals surface area contributed by atoms with Gasteiger partial charge in [0.25, 0.3) is 5.56 Å². The smallest absolute Gasteiger partial charge is 0.292 e. The van der Waals surface area contributed by atoms with Gasteiger partial charge in [-0.15, -0.1) is 0 Å². The molecular formula is C18H14BrClN4O3. The summed E-state index contributed by atoms with van der Waals surface area (Å²) in [7, 11) is 1.45. The number of phenolic OH excluding ortho intramolecular Hbond substituents is 1. The average molecular weight is 450 g/mol. The molecule has 3 rings (SSSR count). The highest BCUT2D eigenvalue weighted by atomic mass is 79.9. The first-order valence-electron chi connectivity index (χ1n) is 7.70. The average Bonchev–Trinajstić information content (AvgIpc) is 2.68. The summed E-state index contributed by atoms with van der Waals surface area (Å²) in [6.07, 6.45) is 2.91. The minimum atomic E-state index is -0.461. The number of phenols is 1. The lowest BCUT2D eigenvalue weighted by Gasteiger charge is -2.08. The molecule has 1 heterocycles. The number of aromatic nitrogens is 2.